The molecule has 0 heterocycles. The van der Waals surface area contributed by atoms with E-state index >= 15 is 0 Å². The lowest BCUT2D eigenvalue weighted by Gasteiger charge is -2.21. The van der Waals surface area contributed by atoms with Crippen LogP contribution in [0.25, 0.3) is 0 Å². The van der Waals surface area contributed by atoms with Crippen molar-refractivity contribution in [1.82, 2.24) is 0 Å². The maximum Gasteiger partial charge on any atom is 0.338 e. The third kappa shape index (κ3) is 5.74. The lowest BCUT2D eigenvalue weighted by atomic mass is 9.98. The highest BCUT2D eigenvalue weighted by Gasteiger charge is 2.18. The summed E-state index contributed by atoms with van der Waals surface area (Å²) in [6, 6.07) is 6.96. The molecular formula is C17H26O3. The van der Waals surface area contributed by atoms with E-state index < -0.39 is 0 Å². The van der Waals surface area contributed by atoms with Crippen molar-refractivity contribution in [2.45, 2.75) is 53.2 Å². The standard InChI is InChI=1S/C17H26O3/c1-12(2)8-16(9-13(3)4)20-17(19)15-7-5-6-14(10-15)11-18/h5-7,10,12-13,16,18H,8-9,11H2,1-4H3. The molecule has 1 aromatic rings. The number of ether oxygens (including phenoxy) is 1. The maximum atomic E-state index is 12.2. The van der Waals surface area contributed by atoms with Gasteiger partial charge >= 0.3 is 5.97 Å². The zero-order valence-electron chi connectivity index (χ0n) is 12.9. The summed E-state index contributed by atoms with van der Waals surface area (Å²) in [6.45, 7) is 8.46. The summed E-state index contributed by atoms with van der Waals surface area (Å²) >= 11 is 0. The van der Waals surface area contributed by atoms with Crippen molar-refractivity contribution < 1.29 is 14.6 Å². The van der Waals surface area contributed by atoms with E-state index in [1.54, 1.807) is 24.3 Å². The largest absolute Gasteiger partial charge is 0.459 e. The number of hydrogen-bond donors (Lipinski definition) is 1. The van der Waals surface area contributed by atoms with Gasteiger partial charge in [-0.1, -0.05) is 39.8 Å². The van der Waals surface area contributed by atoms with Gasteiger partial charge in [0.15, 0.2) is 0 Å². The van der Waals surface area contributed by atoms with Crippen LogP contribution in [0.2, 0.25) is 0 Å². The molecule has 0 aliphatic rings. The normalized spacial score (nSPS) is 11.4. The average Bonchev–Trinajstić information content (AvgIpc) is 2.37. The molecule has 0 unspecified atom stereocenters. The first-order chi connectivity index (χ1) is 9.42. The van der Waals surface area contributed by atoms with E-state index in [0.29, 0.717) is 17.4 Å². The molecule has 0 amide bonds. The van der Waals surface area contributed by atoms with E-state index in [-0.39, 0.29) is 18.7 Å². The molecule has 3 heteroatoms. The molecule has 0 bridgehead atoms. The topological polar surface area (TPSA) is 46.5 Å². The van der Waals surface area contributed by atoms with Crippen LogP contribution in [0.5, 0.6) is 0 Å². The predicted molar refractivity (Wildman–Crippen MR) is 80.5 cm³/mol. The minimum atomic E-state index is -0.299. The molecule has 0 radical (unpaired) electrons. The second-order valence-corrected chi connectivity index (χ2v) is 6.14. The molecule has 0 spiro atoms. The fourth-order valence-corrected chi connectivity index (χ4v) is 2.26. The molecule has 20 heavy (non-hydrogen) atoms. The van der Waals surface area contributed by atoms with E-state index in [9.17, 15) is 4.79 Å². The molecule has 0 saturated heterocycles. The summed E-state index contributed by atoms with van der Waals surface area (Å²) in [7, 11) is 0. The Hall–Kier alpha value is -1.35. The zero-order valence-corrected chi connectivity index (χ0v) is 12.9. The quantitative estimate of drug-likeness (QED) is 0.772. The predicted octanol–water partition coefficient (Wildman–Crippen LogP) is 3.80. The van der Waals surface area contributed by atoms with Crippen molar-refractivity contribution in [2.75, 3.05) is 0 Å². The Balaban J connectivity index is 2.73. The molecule has 0 fully saturated rings. The van der Waals surface area contributed by atoms with E-state index in [1.807, 2.05) is 0 Å². The molecule has 0 aromatic heterocycles. The first-order valence-corrected chi connectivity index (χ1v) is 7.33. The highest BCUT2D eigenvalue weighted by atomic mass is 16.5. The van der Waals surface area contributed by atoms with Crippen LogP contribution in [-0.4, -0.2) is 17.2 Å². The highest BCUT2D eigenvalue weighted by Crippen LogP contribution is 2.18. The number of benzene rings is 1. The lowest BCUT2D eigenvalue weighted by Crippen LogP contribution is -2.22. The molecule has 1 aromatic carbocycles. The third-order valence-electron chi connectivity index (χ3n) is 3.09. The number of hydrogen-bond acceptors (Lipinski definition) is 3. The average molecular weight is 278 g/mol. The minimum absolute atomic E-state index is 0.0414. The SMILES string of the molecule is CC(C)CC(CC(C)C)OC(=O)c1cccc(CO)c1. The molecule has 0 aliphatic heterocycles. The summed E-state index contributed by atoms with van der Waals surface area (Å²) in [6.07, 6.45) is 1.72. The molecule has 0 aliphatic carbocycles. The number of rotatable bonds is 7. The smallest absolute Gasteiger partial charge is 0.338 e. The van der Waals surface area contributed by atoms with Gasteiger partial charge in [0.1, 0.15) is 6.10 Å². The molecular weight excluding hydrogens is 252 g/mol. The third-order valence-corrected chi connectivity index (χ3v) is 3.09. The Labute approximate surface area is 122 Å². The van der Waals surface area contributed by atoms with Crippen LogP contribution < -0.4 is 0 Å². The van der Waals surface area contributed by atoms with Crippen LogP contribution >= 0.6 is 0 Å². The molecule has 3 nitrogen and oxygen atoms in total. The number of carbonyl (C=O) groups is 1. The second-order valence-electron chi connectivity index (χ2n) is 6.14. The van der Waals surface area contributed by atoms with Crippen LogP contribution in [0.3, 0.4) is 0 Å². The van der Waals surface area contributed by atoms with Gasteiger partial charge in [0, 0.05) is 0 Å². The molecule has 112 valence electrons. The molecule has 1 N–H and O–H groups in total. The number of aliphatic hydroxyl groups is 1. The van der Waals surface area contributed by atoms with E-state index in [2.05, 4.69) is 27.7 Å². The number of aliphatic hydroxyl groups excluding tert-OH is 1. The molecule has 0 atom stereocenters. The number of esters is 1. The molecule has 1 rings (SSSR count). The second kappa shape index (κ2) is 8.05. The van der Waals surface area contributed by atoms with E-state index in [0.717, 1.165) is 18.4 Å². The zero-order chi connectivity index (χ0) is 15.1. The van der Waals surface area contributed by atoms with Gasteiger partial charge in [0.25, 0.3) is 0 Å². The monoisotopic (exact) mass is 278 g/mol. The summed E-state index contributed by atoms with van der Waals surface area (Å²) in [4.78, 5) is 12.2. The van der Waals surface area contributed by atoms with Crippen LogP contribution in [-0.2, 0) is 11.3 Å². The Morgan fingerprint density at radius 1 is 1.15 bits per heavy atom. The maximum absolute atomic E-state index is 12.2. The van der Waals surface area contributed by atoms with Crippen molar-refractivity contribution >= 4 is 5.97 Å². The molecule has 0 saturated carbocycles. The highest BCUT2D eigenvalue weighted by molar-refractivity contribution is 5.89. The van der Waals surface area contributed by atoms with Crippen LogP contribution in [0.15, 0.2) is 24.3 Å². The van der Waals surface area contributed by atoms with Gasteiger partial charge in [0.05, 0.1) is 12.2 Å². The summed E-state index contributed by atoms with van der Waals surface area (Å²) in [5, 5.41) is 9.11. The van der Waals surface area contributed by atoms with Gasteiger partial charge < -0.3 is 9.84 Å². The summed E-state index contributed by atoms with van der Waals surface area (Å²) < 4.78 is 5.64. The number of carbonyl (C=O) groups excluding carboxylic acids is 1. The Kier molecular flexibility index (Phi) is 6.73. The van der Waals surface area contributed by atoms with Gasteiger partial charge in [-0.15, -0.1) is 0 Å². The van der Waals surface area contributed by atoms with E-state index in [4.69, 9.17) is 9.84 Å². The van der Waals surface area contributed by atoms with Gasteiger partial charge in [-0.3, -0.25) is 0 Å². The minimum Gasteiger partial charge on any atom is -0.459 e. The Morgan fingerprint density at radius 2 is 1.75 bits per heavy atom. The van der Waals surface area contributed by atoms with Crippen LogP contribution in [0.1, 0.15) is 56.5 Å². The van der Waals surface area contributed by atoms with Crippen LogP contribution in [0.4, 0.5) is 0 Å². The lowest BCUT2D eigenvalue weighted by molar-refractivity contribution is 0.0200. The van der Waals surface area contributed by atoms with Gasteiger partial charge in [-0.05, 0) is 42.4 Å². The van der Waals surface area contributed by atoms with Crippen molar-refractivity contribution in [3.63, 3.8) is 0 Å². The fraction of sp³-hybridized carbons (Fsp3) is 0.588. The van der Waals surface area contributed by atoms with Crippen molar-refractivity contribution in [2.24, 2.45) is 11.8 Å². The van der Waals surface area contributed by atoms with Gasteiger partial charge in [0.2, 0.25) is 0 Å². The van der Waals surface area contributed by atoms with Crippen molar-refractivity contribution in [3.05, 3.63) is 35.4 Å². The first kappa shape index (κ1) is 16.7. The van der Waals surface area contributed by atoms with Crippen LogP contribution in [0, 0.1) is 11.8 Å². The summed E-state index contributed by atoms with van der Waals surface area (Å²) in [5.74, 6) is 0.692. The van der Waals surface area contributed by atoms with Crippen molar-refractivity contribution in [3.8, 4) is 0 Å². The first-order valence-electron chi connectivity index (χ1n) is 7.33. The van der Waals surface area contributed by atoms with Gasteiger partial charge in [-0.2, -0.15) is 0 Å². The fourth-order valence-electron chi connectivity index (χ4n) is 2.26. The van der Waals surface area contributed by atoms with Crippen molar-refractivity contribution in [1.29, 1.82) is 0 Å². The van der Waals surface area contributed by atoms with E-state index in [1.165, 1.54) is 0 Å². The van der Waals surface area contributed by atoms with Gasteiger partial charge in [-0.25, -0.2) is 4.79 Å². The Morgan fingerprint density at radius 3 is 2.25 bits per heavy atom. The Bertz CT molecular complexity index is 414. The summed E-state index contributed by atoms with van der Waals surface area (Å²) in [5.41, 5.74) is 1.23.